The van der Waals surface area contributed by atoms with E-state index in [0.29, 0.717) is 36.1 Å². The van der Waals surface area contributed by atoms with E-state index in [9.17, 15) is 14.7 Å². The van der Waals surface area contributed by atoms with Crippen LogP contribution < -0.4 is 20.3 Å². The number of hydrogen-bond acceptors (Lipinski definition) is 5. The van der Waals surface area contributed by atoms with Crippen LogP contribution in [0.2, 0.25) is 0 Å². The number of fused-ring (bicyclic) bond motifs is 1. The molecule has 7 heteroatoms. The molecule has 0 saturated carbocycles. The van der Waals surface area contributed by atoms with Crippen molar-refractivity contribution in [3.05, 3.63) is 76.1 Å². The normalized spacial score (nSPS) is 11.9. The lowest BCUT2D eigenvalue weighted by molar-refractivity contribution is -0.111. The van der Waals surface area contributed by atoms with Crippen LogP contribution in [-0.2, 0) is 11.8 Å². The summed E-state index contributed by atoms with van der Waals surface area (Å²) < 4.78 is 13.6. The molecule has 1 aromatic heterocycles. The molecule has 3 aromatic rings. The Morgan fingerprint density at radius 2 is 1.84 bits per heavy atom. The van der Waals surface area contributed by atoms with Crippen LogP contribution in [0.4, 0.5) is 5.69 Å². The van der Waals surface area contributed by atoms with Crippen LogP contribution in [0, 0.1) is 5.92 Å². The molecule has 0 fully saturated rings. The molecule has 1 heterocycles. The van der Waals surface area contributed by atoms with Gasteiger partial charge in [0.1, 0.15) is 12.4 Å². The van der Waals surface area contributed by atoms with Crippen LogP contribution in [0.25, 0.3) is 17.0 Å². The number of aryl methyl sites for hydroxylation is 1. The lowest BCUT2D eigenvalue weighted by Crippen LogP contribution is -2.23. The summed E-state index contributed by atoms with van der Waals surface area (Å²) in [6.45, 7) is 8.94. The Bertz CT molecular complexity index is 1350. The zero-order valence-corrected chi connectivity index (χ0v) is 22.2. The molecule has 1 atom stereocenters. The topological polar surface area (TPSA) is 89.8 Å². The molecule has 7 nitrogen and oxygen atoms in total. The molecule has 2 N–H and O–H groups in total. The van der Waals surface area contributed by atoms with Gasteiger partial charge in [0.05, 0.1) is 12.1 Å². The Hall–Kier alpha value is -4.00. The van der Waals surface area contributed by atoms with Crippen LogP contribution in [-0.4, -0.2) is 28.8 Å². The average Bonchev–Trinajstić information content (AvgIpc) is 2.86. The Balaban J connectivity index is 1.93. The van der Waals surface area contributed by atoms with Gasteiger partial charge in [0, 0.05) is 24.2 Å². The van der Waals surface area contributed by atoms with E-state index >= 15 is 0 Å². The summed E-state index contributed by atoms with van der Waals surface area (Å²) in [4.78, 5) is 25.8. The van der Waals surface area contributed by atoms with Gasteiger partial charge in [-0.05, 0) is 74.2 Å². The van der Waals surface area contributed by atoms with E-state index in [2.05, 4.69) is 19.2 Å². The number of ether oxygens (including phenoxy) is 2. The second-order valence-electron chi connectivity index (χ2n) is 9.47. The molecule has 0 radical (unpaired) electrons. The fourth-order valence-corrected chi connectivity index (χ4v) is 3.87. The second kappa shape index (κ2) is 12.8. The van der Waals surface area contributed by atoms with Crippen molar-refractivity contribution in [2.75, 3.05) is 18.5 Å². The number of amides is 1. The maximum Gasteiger partial charge on any atom is 0.297 e. The third-order valence-electron chi connectivity index (χ3n) is 5.91. The third-order valence-corrected chi connectivity index (χ3v) is 5.91. The van der Waals surface area contributed by atoms with E-state index < -0.39 is 0 Å². The lowest BCUT2D eigenvalue weighted by atomic mass is 10.1. The van der Waals surface area contributed by atoms with Crippen LogP contribution in [0.1, 0.15) is 46.1 Å². The second-order valence-corrected chi connectivity index (χ2v) is 9.47. The van der Waals surface area contributed by atoms with Gasteiger partial charge >= 0.3 is 0 Å². The largest absolute Gasteiger partial charge is 0.508 e. The SMILES string of the molecule is CCCC(C)COc1c(OCC=C(C)C)c2ccc(NC(=O)/C=C/c3ccc(O)cc3)cc2n(C)c1=O. The number of phenolic OH excluding ortho intramolecular Hbond substituents is 1. The van der Waals surface area contributed by atoms with E-state index in [1.165, 1.54) is 10.6 Å². The first kappa shape index (κ1) is 27.6. The number of rotatable bonds is 11. The Labute approximate surface area is 218 Å². The van der Waals surface area contributed by atoms with Gasteiger partial charge in [0.25, 0.3) is 5.56 Å². The van der Waals surface area contributed by atoms with Crippen LogP contribution >= 0.6 is 0 Å². The number of aromatic nitrogens is 1. The highest BCUT2D eigenvalue weighted by molar-refractivity contribution is 6.03. The van der Waals surface area contributed by atoms with Crippen molar-refractivity contribution >= 4 is 28.6 Å². The molecule has 0 spiro atoms. The molecule has 1 amide bonds. The minimum Gasteiger partial charge on any atom is -0.508 e. The molecule has 196 valence electrons. The Kier molecular flexibility index (Phi) is 9.55. The molecule has 2 aromatic carbocycles. The predicted molar refractivity (Wildman–Crippen MR) is 149 cm³/mol. The van der Waals surface area contributed by atoms with Crippen molar-refractivity contribution < 1.29 is 19.4 Å². The Morgan fingerprint density at radius 1 is 1.11 bits per heavy atom. The van der Waals surface area contributed by atoms with Gasteiger partial charge in [-0.3, -0.25) is 9.59 Å². The number of anilines is 1. The first-order chi connectivity index (χ1) is 17.7. The molecule has 0 aliphatic heterocycles. The number of carbonyl (C=O) groups is 1. The number of benzene rings is 2. The third kappa shape index (κ3) is 7.49. The van der Waals surface area contributed by atoms with Crippen molar-refractivity contribution in [1.82, 2.24) is 4.57 Å². The number of hydrogen-bond donors (Lipinski definition) is 2. The molecular formula is C30H36N2O5. The first-order valence-electron chi connectivity index (χ1n) is 12.5. The summed E-state index contributed by atoms with van der Waals surface area (Å²) >= 11 is 0. The highest BCUT2D eigenvalue weighted by Crippen LogP contribution is 2.34. The van der Waals surface area contributed by atoms with Crippen LogP contribution in [0.3, 0.4) is 0 Å². The first-order valence-corrected chi connectivity index (χ1v) is 12.5. The van der Waals surface area contributed by atoms with Crippen molar-refractivity contribution in [3.63, 3.8) is 0 Å². The molecule has 0 saturated heterocycles. The van der Waals surface area contributed by atoms with E-state index in [-0.39, 0.29) is 23.0 Å². The Morgan fingerprint density at radius 3 is 2.51 bits per heavy atom. The van der Waals surface area contributed by atoms with Gasteiger partial charge < -0.3 is 24.5 Å². The van der Waals surface area contributed by atoms with Gasteiger partial charge in [-0.1, -0.05) is 38.0 Å². The maximum atomic E-state index is 13.3. The van der Waals surface area contributed by atoms with Crippen molar-refractivity contribution in [2.24, 2.45) is 13.0 Å². The lowest BCUT2D eigenvalue weighted by Gasteiger charge is -2.19. The van der Waals surface area contributed by atoms with Gasteiger partial charge in [-0.2, -0.15) is 0 Å². The molecule has 0 bridgehead atoms. The van der Waals surface area contributed by atoms with E-state index in [1.807, 2.05) is 26.0 Å². The molecular weight excluding hydrogens is 468 g/mol. The summed E-state index contributed by atoms with van der Waals surface area (Å²) in [5, 5.41) is 13.0. The minimum atomic E-state index is -0.317. The zero-order valence-electron chi connectivity index (χ0n) is 22.2. The van der Waals surface area contributed by atoms with Crippen molar-refractivity contribution in [2.45, 2.75) is 40.5 Å². The highest BCUT2D eigenvalue weighted by Gasteiger charge is 2.19. The highest BCUT2D eigenvalue weighted by atomic mass is 16.5. The molecule has 1 unspecified atom stereocenters. The van der Waals surface area contributed by atoms with E-state index in [4.69, 9.17) is 9.47 Å². The fraction of sp³-hybridized carbons (Fsp3) is 0.333. The van der Waals surface area contributed by atoms with Crippen LogP contribution in [0.5, 0.6) is 17.2 Å². The number of pyridine rings is 1. The molecule has 37 heavy (non-hydrogen) atoms. The summed E-state index contributed by atoms with van der Waals surface area (Å²) in [5.41, 5.74) is 2.76. The summed E-state index contributed by atoms with van der Waals surface area (Å²) in [6, 6.07) is 11.9. The number of aromatic hydroxyl groups is 1. The smallest absolute Gasteiger partial charge is 0.297 e. The predicted octanol–water partition coefficient (Wildman–Crippen LogP) is 6.06. The number of nitrogens with zero attached hydrogens (tertiary/aromatic N) is 1. The maximum absolute atomic E-state index is 13.3. The van der Waals surface area contributed by atoms with Crippen LogP contribution in [0.15, 0.2) is 65.0 Å². The van der Waals surface area contributed by atoms with Gasteiger partial charge in [-0.15, -0.1) is 0 Å². The zero-order chi connectivity index (χ0) is 26.9. The number of phenols is 1. The van der Waals surface area contributed by atoms with Gasteiger partial charge in [0.15, 0.2) is 5.75 Å². The van der Waals surface area contributed by atoms with E-state index in [0.717, 1.165) is 29.4 Å². The standard InChI is InChI=1S/C30H36N2O5/c1-6-7-21(4)19-37-29-28(36-17-16-20(2)3)25-14-11-23(18-26(25)32(5)30(29)35)31-27(34)15-10-22-8-12-24(33)13-9-22/h8-16,18,21,33H,6-7,17,19H2,1-5H3,(H,31,34)/b15-10+. The van der Waals surface area contributed by atoms with E-state index in [1.54, 1.807) is 49.5 Å². The van der Waals surface area contributed by atoms with Crippen molar-refractivity contribution in [1.29, 1.82) is 0 Å². The number of allylic oxidation sites excluding steroid dienone is 1. The number of carbonyl (C=O) groups excluding carboxylic acids is 1. The van der Waals surface area contributed by atoms with Gasteiger partial charge in [0.2, 0.25) is 11.7 Å². The summed E-state index contributed by atoms with van der Waals surface area (Å²) in [5.74, 6) is 0.764. The number of nitrogens with one attached hydrogen (secondary N) is 1. The van der Waals surface area contributed by atoms with Crippen molar-refractivity contribution in [3.8, 4) is 17.2 Å². The molecule has 0 aliphatic carbocycles. The quantitative estimate of drug-likeness (QED) is 0.245. The monoisotopic (exact) mass is 504 g/mol. The molecule has 3 rings (SSSR count). The fourth-order valence-electron chi connectivity index (χ4n) is 3.87. The molecule has 0 aliphatic rings. The minimum absolute atomic E-state index is 0.164. The summed E-state index contributed by atoms with van der Waals surface area (Å²) in [6.07, 6.45) is 7.07. The average molecular weight is 505 g/mol. The summed E-state index contributed by atoms with van der Waals surface area (Å²) in [7, 11) is 1.68. The van der Waals surface area contributed by atoms with Gasteiger partial charge in [-0.25, -0.2) is 0 Å².